The van der Waals surface area contributed by atoms with Crippen molar-refractivity contribution in [1.82, 2.24) is 30.5 Å². The summed E-state index contributed by atoms with van der Waals surface area (Å²) in [6.07, 6.45) is 5.92. The number of unbranched alkanes of at least 4 members (excludes halogenated alkanes) is 1. The Labute approximate surface area is 259 Å². The van der Waals surface area contributed by atoms with E-state index in [4.69, 9.17) is 20.1 Å². The molecule has 1 amide bonds. The number of amidine groups is 1. The highest BCUT2D eigenvalue weighted by Crippen LogP contribution is 2.40. The highest BCUT2D eigenvalue weighted by Gasteiger charge is 2.49. The molecule has 2 aromatic carbocycles. The minimum Gasteiger partial charge on any atom is -0.446 e. The first kappa shape index (κ1) is 31.7. The topological polar surface area (TPSA) is 156 Å². The Morgan fingerprint density at radius 2 is 1.77 bits per heavy atom. The van der Waals surface area contributed by atoms with E-state index in [9.17, 15) is 9.59 Å². The quantitative estimate of drug-likeness (QED) is 0.184. The molecule has 1 aliphatic heterocycles. The Kier molecular flexibility index (Phi) is 10.7. The Morgan fingerprint density at radius 3 is 2.50 bits per heavy atom. The summed E-state index contributed by atoms with van der Waals surface area (Å²) in [6.45, 7) is 2.86. The highest BCUT2D eigenvalue weighted by molar-refractivity contribution is 7.99. The molecule has 3 aromatic rings. The zero-order valence-electron chi connectivity index (χ0n) is 24.7. The lowest BCUT2D eigenvalue weighted by Gasteiger charge is -2.23. The molecule has 0 bridgehead atoms. The van der Waals surface area contributed by atoms with E-state index in [2.05, 4.69) is 27.2 Å². The van der Waals surface area contributed by atoms with Gasteiger partial charge in [-0.3, -0.25) is 25.1 Å². The first-order chi connectivity index (χ1) is 21.4. The summed E-state index contributed by atoms with van der Waals surface area (Å²) in [6, 6.07) is 15.7. The van der Waals surface area contributed by atoms with Crippen molar-refractivity contribution in [2.75, 3.05) is 24.7 Å². The number of amides is 1. The maximum atomic E-state index is 13.5. The zero-order chi connectivity index (χ0) is 30.9. The van der Waals surface area contributed by atoms with E-state index in [1.807, 2.05) is 53.4 Å². The minimum atomic E-state index is -0.753. The van der Waals surface area contributed by atoms with Gasteiger partial charge in [0.2, 0.25) is 5.82 Å². The number of aliphatic imine (C=N–C) groups is 1. The molecule has 0 unspecified atom stereocenters. The fourth-order valence-corrected chi connectivity index (χ4v) is 6.12. The minimum absolute atomic E-state index is 0.0926. The van der Waals surface area contributed by atoms with Gasteiger partial charge in [0.05, 0.1) is 18.5 Å². The van der Waals surface area contributed by atoms with Gasteiger partial charge >= 0.3 is 6.09 Å². The van der Waals surface area contributed by atoms with Gasteiger partial charge in [0, 0.05) is 23.5 Å². The second-order valence-electron chi connectivity index (χ2n) is 10.7. The van der Waals surface area contributed by atoms with Crippen molar-refractivity contribution in [2.45, 2.75) is 64.0 Å². The van der Waals surface area contributed by atoms with E-state index in [1.165, 1.54) is 11.8 Å². The maximum Gasteiger partial charge on any atom is 0.453 e. The third kappa shape index (κ3) is 7.50. The molecular formula is C30H37N7O6S. The fourth-order valence-electron chi connectivity index (χ4n) is 5.53. The Morgan fingerprint density at radius 1 is 1.05 bits per heavy atom. The molecule has 1 aromatic heterocycles. The lowest BCUT2D eigenvalue weighted by Crippen LogP contribution is -2.40. The molecule has 13 nitrogen and oxygen atoms in total. The molecule has 2 aliphatic rings. The molecule has 1 aliphatic carbocycles. The van der Waals surface area contributed by atoms with Crippen LogP contribution in [0.1, 0.15) is 57.4 Å². The number of tetrazole rings is 1. The summed E-state index contributed by atoms with van der Waals surface area (Å²) < 4.78 is 5.21. The average Bonchev–Trinajstić information content (AvgIpc) is 3.77. The number of benzene rings is 2. The van der Waals surface area contributed by atoms with Crippen molar-refractivity contribution in [3.8, 4) is 22.5 Å². The van der Waals surface area contributed by atoms with Crippen LogP contribution in [0.2, 0.25) is 0 Å². The van der Waals surface area contributed by atoms with Gasteiger partial charge in [-0.2, -0.15) is 11.8 Å². The molecule has 1 saturated carbocycles. The SMILES string of the molecule is CCCCC1=NC2(CCCC2)C(=O)N1Cc1ccc(-c2ccccc2-c2nnn(C(=O)OCCSCCON(O)O)n2)cc1. The van der Waals surface area contributed by atoms with Crippen LogP contribution in [0.15, 0.2) is 53.5 Å². The van der Waals surface area contributed by atoms with Gasteiger partial charge < -0.3 is 4.74 Å². The number of nitrogens with zero attached hydrogens (tertiary/aromatic N) is 7. The number of carbonyl (C=O) groups excluding carboxylic acids is 2. The van der Waals surface area contributed by atoms with Gasteiger partial charge in [0.25, 0.3) is 5.91 Å². The first-order valence-corrected chi connectivity index (χ1v) is 16.0. The standard InChI is InChI=1S/C30H37N7O6S/c1-2-3-10-26-31-30(15-6-7-16-30)28(38)35(26)21-22-11-13-23(14-12-22)24-8-4-5-9-25(24)27-32-34-36(33-27)29(39)42-17-19-44-20-18-43-37(40)41/h4-5,8-9,11-14,40-41H,2-3,6-7,10,15-21H2,1H3. The normalized spacial score (nSPS) is 15.9. The summed E-state index contributed by atoms with van der Waals surface area (Å²) in [4.78, 5) is 38.1. The van der Waals surface area contributed by atoms with Gasteiger partial charge in [-0.25, -0.2) is 9.63 Å². The fraction of sp³-hybridized carbons (Fsp3) is 0.467. The van der Waals surface area contributed by atoms with Gasteiger partial charge in [-0.1, -0.05) is 79.5 Å². The van der Waals surface area contributed by atoms with Crippen molar-refractivity contribution in [3.05, 3.63) is 54.1 Å². The van der Waals surface area contributed by atoms with Crippen molar-refractivity contribution < 1.29 is 29.6 Å². The zero-order valence-corrected chi connectivity index (χ0v) is 25.5. The summed E-state index contributed by atoms with van der Waals surface area (Å²) in [5, 5.41) is 28.9. The van der Waals surface area contributed by atoms with Crippen LogP contribution in [0, 0.1) is 0 Å². The molecule has 2 N–H and O–H groups in total. The largest absolute Gasteiger partial charge is 0.453 e. The second kappa shape index (κ2) is 14.9. The van der Waals surface area contributed by atoms with Gasteiger partial charge in [-0.05, 0) is 41.2 Å². The lowest BCUT2D eigenvalue weighted by atomic mass is 9.97. The lowest BCUT2D eigenvalue weighted by molar-refractivity contribution is -0.490. The Hall–Kier alpha value is -3.69. The smallest absolute Gasteiger partial charge is 0.446 e. The molecule has 5 rings (SSSR count). The molecule has 2 heterocycles. The van der Waals surface area contributed by atoms with Crippen molar-refractivity contribution in [3.63, 3.8) is 0 Å². The van der Waals surface area contributed by atoms with E-state index < -0.39 is 11.6 Å². The van der Waals surface area contributed by atoms with E-state index in [0.717, 1.165) is 72.3 Å². The van der Waals surface area contributed by atoms with Crippen LogP contribution in [0.25, 0.3) is 22.5 Å². The van der Waals surface area contributed by atoms with E-state index in [-0.39, 0.29) is 30.3 Å². The van der Waals surface area contributed by atoms with Gasteiger partial charge in [0.1, 0.15) is 18.0 Å². The number of carbonyl (C=O) groups is 2. The summed E-state index contributed by atoms with van der Waals surface area (Å²) in [5.41, 5.74) is 3.01. The van der Waals surface area contributed by atoms with Crippen molar-refractivity contribution in [1.29, 1.82) is 0 Å². The summed E-state index contributed by atoms with van der Waals surface area (Å²) >= 11 is 1.41. The van der Waals surface area contributed by atoms with Crippen LogP contribution >= 0.6 is 11.8 Å². The first-order valence-electron chi connectivity index (χ1n) is 14.9. The number of aromatic nitrogens is 4. The molecule has 14 heteroatoms. The van der Waals surface area contributed by atoms with E-state index in [1.54, 1.807) is 0 Å². The van der Waals surface area contributed by atoms with E-state index in [0.29, 0.717) is 23.6 Å². The predicted molar refractivity (Wildman–Crippen MR) is 163 cm³/mol. The number of hydrogen-bond donors (Lipinski definition) is 2. The van der Waals surface area contributed by atoms with Crippen LogP contribution in [-0.2, 0) is 20.9 Å². The number of rotatable bonds is 14. The number of ether oxygens (including phenoxy) is 1. The van der Waals surface area contributed by atoms with Crippen molar-refractivity contribution >= 4 is 29.6 Å². The molecule has 1 spiro atoms. The van der Waals surface area contributed by atoms with Crippen molar-refractivity contribution in [2.24, 2.45) is 4.99 Å². The number of thioether (sulfide) groups is 1. The van der Waals surface area contributed by atoms with E-state index >= 15 is 0 Å². The van der Waals surface area contributed by atoms with Crippen LogP contribution in [0.4, 0.5) is 4.79 Å². The van der Waals surface area contributed by atoms with Crippen LogP contribution in [0.5, 0.6) is 0 Å². The third-order valence-corrected chi connectivity index (χ3v) is 8.63. The summed E-state index contributed by atoms with van der Waals surface area (Å²) in [7, 11) is 0. The van der Waals surface area contributed by atoms with Crippen LogP contribution < -0.4 is 0 Å². The molecule has 1 fully saturated rings. The average molecular weight is 624 g/mol. The van der Waals surface area contributed by atoms with Gasteiger partial charge in [-0.15, -0.1) is 10.2 Å². The molecule has 0 saturated heterocycles. The molecule has 234 valence electrons. The monoisotopic (exact) mass is 623 g/mol. The molecule has 0 radical (unpaired) electrons. The molecular weight excluding hydrogens is 586 g/mol. The van der Waals surface area contributed by atoms with Crippen LogP contribution in [0.3, 0.4) is 0 Å². The summed E-state index contributed by atoms with van der Waals surface area (Å²) in [5.74, 6) is 2.31. The third-order valence-electron chi connectivity index (χ3n) is 7.72. The molecule has 0 atom stereocenters. The second-order valence-corrected chi connectivity index (χ2v) is 11.9. The van der Waals surface area contributed by atoms with Gasteiger partial charge in [0.15, 0.2) is 0 Å². The number of hydrogen-bond acceptors (Lipinski definition) is 12. The Balaban J connectivity index is 1.22. The Bertz CT molecular complexity index is 1460. The molecule has 44 heavy (non-hydrogen) atoms. The predicted octanol–water partition coefficient (Wildman–Crippen LogP) is 4.98. The van der Waals surface area contributed by atoms with Crippen LogP contribution in [-0.4, -0.2) is 89.0 Å². The highest BCUT2D eigenvalue weighted by atomic mass is 32.2. The maximum absolute atomic E-state index is 13.5.